The maximum absolute atomic E-state index is 12.0. The van der Waals surface area contributed by atoms with Crippen LogP contribution in [0.4, 0.5) is 0 Å². The molecule has 0 spiro atoms. The van der Waals surface area contributed by atoms with Crippen LogP contribution in [0.25, 0.3) is 0 Å². The number of benzene rings is 1. The maximum atomic E-state index is 12.0. The Labute approximate surface area is 114 Å². The first kappa shape index (κ1) is 15.0. The molecule has 100 valence electrons. The zero-order valence-electron chi connectivity index (χ0n) is 11.0. The zero-order chi connectivity index (χ0) is 13.5. The van der Waals surface area contributed by atoms with E-state index in [1.807, 2.05) is 29.2 Å². The van der Waals surface area contributed by atoms with Crippen LogP contribution in [0, 0.1) is 5.92 Å². The second-order valence-electron chi connectivity index (χ2n) is 4.83. The molecule has 1 amide bonds. The van der Waals surface area contributed by atoms with Gasteiger partial charge < -0.3 is 10.6 Å². The van der Waals surface area contributed by atoms with E-state index in [4.69, 9.17) is 17.3 Å². The zero-order valence-corrected chi connectivity index (χ0v) is 11.8. The van der Waals surface area contributed by atoms with Crippen molar-refractivity contribution in [2.45, 2.75) is 26.8 Å². The molecule has 0 aromatic heterocycles. The first-order chi connectivity index (χ1) is 8.52. The number of rotatable bonds is 6. The normalized spacial score (nSPS) is 10.7. The van der Waals surface area contributed by atoms with Gasteiger partial charge in [-0.05, 0) is 23.6 Å². The number of halogens is 1. The molecule has 3 nitrogen and oxygen atoms in total. The van der Waals surface area contributed by atoms with Gasteiger partial charge in [-0.2, -0.15) is 0 Å². The third-order valence-corrected chi connectivity index (χ3v) is 2.84. The van der Waals surface area contributed by atoms with E-state index in [-0.39, 0.29) is 5.91 Å². The second-order valence-corrected chi connectivity index (χ2v) is 5.27. The van der Waals surface area contributed by atoms with Crippen molar-refractivity contribution in [3.8, 4) is 0 Å². The van der Waals surface area contributed by atoms with E-state index in [1.165, 1.54) is 0 Å². The first-order valence-electron chi connectivity index (χ1n) is 6.25. The summed E-state index contributed by atoms with van der Waals surface area (Å²) < 4.78 is 0. The van der Waals surface area contributed by atoms with Gasteiger partial charge in [0.2, 0.25) is 5.91 Å². The van der Waals surface area contributed by atoms with Crippen molar-refractivity contribution < 1.29 is 4.79 Å². The molecule has 0 atom stereocenters. The summed E-state index contributed by atoms with van der Waals surface area (Å²) in [4.78, 5) is 13.8. The van der Waals surface area contributed by atoms with Crippen LogP contribution in [-0.2, 0) is 11.3 Å². The number of carbonyl (C=O) groups is 1. The predicted molar refractivity (Wildman–Crippen MR) is 75.4 cm³/mol. The third kappa shape index (κ3) is 5.07. The number of carbonyl (C=O) groups excluding carboxylic acids is 1. The van der Waals surface area contributed by atoms with E-state index in [2.05, 4.69) is 13.8 Å². The molecule has 0 aliphatic carbocycles. The van der Waals surface area contributed by atoms with Crippen LogP contribution < -0.4 is 5.73 Å². The third-order valence-electron chi connectivity index (χ3n) is 2.58. The molecule has 1 rings (SSSR count). The number of amides is 1. The number of nitrogens with two attached hydrogens (primary N) is 1. The molecule has 0 unspecified atom stereocenters. The minimum atomic E-state index is 0.112. The van der Waals surface area contributed by atoms with Gasteiger partial charge in [-0.3, -0.25) is 4.79 Å². The molecule has 0 radical (unpaired) electrons. The van der Waals surface area contributed by atoms with Crippen LogP contribution in [0.5, 0.6) is 0 Å². The number of hydrogen-bond donors (Lipinski definition) is 1. The minimum Gasteiger partial charge on any atom is -0.338 e. The van der Waals surface area contributed by atoms with Crippen LogP contribution in [0.15, 0.2) is 24.3 Å². The van der Waals surface area contributed by atoms with Crippen LogP contribution >= 0.6 is 11.6 Å². The van der Waals surface area contributed by atoms with Crippen molar-refractivity contribution >= 4 is 17.5 Å². The summed E-state index contributed by atoms with van der Waals surface area (Å²) in [7, 11) is 0. The van der Waals surface area contributed by atoms with Crippen molar-refractivity contribution in [1.82, 2.24) is 4.90 Å². The molecule has 0 fully saturated rings. The lowest BCUT2D eigenvalue weighted by atomic mass is 10.1. The number of nitrogens with zero attached hydrogens (tertiary/aromatic N) is 1. The van der Waals surface area contributed by atoms with Crippen molar-refractivity contribution in [2.24, 2.45) is 11.7 Å². The fraction of sp³-hybridized carbons (Fsp3) is 0.500. The van der Waals surface area contributed by atoms with Gasteiger partial charge in [0.15, 0.2) is 0 Å². The molecular weight excluding hydrogens is 248 g/mol. The smallest absolute Gasteiger partial charge is 0.224 e. The van der Waals surface area contributed by atoms with Crippen LogP contribution in [0.3, 0.4) is 0 Å². The van der Waals surface area contributed by atoms with E-state index >= 15 is 0 Å². The Bertz CT molecular complexity index is 376. The van der Waals surface area contributed by atoms with Crippen molar-refractivity contribution in [3.05, 3.63) is 34.9 Å². The standard InChI is InChI=1S/C14H21ClN2O/c1-11(2)9-17(14(18)7-8-16)10-12-3-5-13(15)6-4-12/h3-6,11H,7-10,16H2,1-2H3. The van der Waals surface area contributed by atoms with Crippen LogP contribution in [0.1, 0.15) is 25.8 Å². The Balaban J connectivity index is 2.71. The lowest BCUT2D eigenvalue weighted by molar-refractivity contribution is -0.132. The monoisotopic (exact) mass is 268 g/mol. The van der Waals surface area contributed by atoms with Crippen molar-refractivity contribution in [1.29, 1.82) is 0 Å². The lowest BCUT2D eigenvalue weighted by Gasteiger charge is -2.24. The topological polar surface area (TPSA) is 46.3 Å². The van der Waals surface area contributed by atoms with Crippen LogP contribution in [0.2, 0.25) is 5.02 Å². The summed E-state index contributed by atoms with van der Waals surface area (Å²) in [5, 5.41) is 0.711. The van der Waals surface area contributed by atoms with E-state index in [0.717, 1.165) is 12.1 Å². The molecule has 0 aliphatic heterocycles. The molecule has 0 saturated heterocycles. The van der Waals surface area contributed by atoms with E-state index in [9.17, 15) is 4.79 Å². The van der Waals surface area contributed by atoms with Crippen LogP contribution in [-0.4, -0.2) is 23.9 Å². The van der Waals surface area contributed by atoms with Gasteiger partial charge in [-0.15, -0.1) is 0 Å². The molecule has 2 N–H and O–H groups in total. The lowest BCUT2D eigenvalue weighted by Crippen LogP contribution is -2.34. The van der Waals surface area contributed by atoms with Gasteiger partial charge in [0.25, 0.3) is 0 Å². The average molecular weight is 269 g/mol. The highest BCUT2D eigenvalue weighted by molar-refractivity contribution is 6.30. The van der Waals surface area contributed by atoms with Gasteiger partial charge >= 0.3 is 0 Å². The minimum absolute atomic E-state index is 0.112. The summed E-state index contributed by atoms with van der Waals surface area (Å²) in [5.41, 5.74) is 6.53. The second kappa shape index (κ2) is 7.39. The quantitative estimate of drug-likeness (QED) is 0.862. The molecule has 4 heteroatoms. The summed E-state index contributed by atoms with van der Waals surface area (Å²) in [6.07, 6.45) is 0.403. The first-order valence-corrected chi connectivity index (χ1v) is 6.63. The molecule has 1 aromatic carbocycles. The molecule has 18 heavy (non-hydrogen) atoms. The Hall–Kier alpha value is -1.06. The van der Waals surface area contributed by atoms with Gasteiger partial charge in [0.05, 0.1) is 0 Å². The molecule has 0 saturated carbocycles. The highest BCUT2D eigenvalue weighted by Crippen LogP contribution is 2.13. The highest BCUT2D eigenvalue weighted by Gasteiger charge is 2.14. The largest absolute Gasteiger partial charge is 0.338 e. The fourth-order valence-electron chi connectivity index (χ4n) is 1.79. The SMILES string of the molecule is CC(C)CN(Cc1ccc(Cl)cc1)C(=O)CCN. The summed E-state index contributed by atoms with van der Waals surface area (Å²) in [6, 6.07) is 7.59. The maximum Gasteiger partial charge on any atom is 0.224 e. The fourth-order valence-corrected chi connectivity index (χ4v) is 1.91. The van der Waals surface area contributed by atoms with Gasteiger partial charge in [0, 0.05) is 31.1 Å². The summed E-state index contributed by atoms with van der Waals surface area (Å²) >= 11 is 5.85. The Morgan fingerprint density at radius 3 is 2.44 bits per heavy atom. The average Bonchev–Trinajstić information content (AvgIpc) is 2.31. The molecule has 0 bridgehead atoms. The van der Waals surface area contributed by atoms with Gasteiger partial charge in [-0.25, -0.2) is 0 Å². The molecule has 1 aromatic rings. The van der Waals surface area contributed by atoms with Gasteiger partial charge in [0.1, 0.15) is 0 Å². The van der Waals surface area contributed by atoms with E-state index in [1.54, 1.807) is 0 Å². The van der Waals surface area contributed by atoms with Crippen molar-refractivity contribution in [2.75, 3.05) is 13.1 Å². The van der Waals surface area contributed by atoms with Crippen molar-refractivity contribution in [3.63, 3.8) is 0 Å². The molecule has 0 heterocycles. The predicted octanol–water partition coefficient (Wildman–Crippen LogP) is 2.67. The Morgan fingerprint density at radius 2 is 1.94 bits per heavy atom. The number of hydrogen-bond acceptors (Lipinski definition) is 2. The summed E-state index contributed by atoms with van der Waals surface area (Å²) in [6.45, 7) is 5.97. The van der Waals surface area contributed by atoms with Gasteiger partial charge in [-0.1, -0.05) is 37.6 Å². The summed E-state index contributed by atoms with van der Waals surface area (Å²) in [5.74, 6) is 0.556. The molecule has 0 aliphatic rings. The highest BCUT2D eigenvalue weighted by atomic mass is 35.5. The molecular formula is C14H21ClN2O. The Kier molecular flexibility index (Phi) is 6.16. The van der Waals surface area contributed by atoms with E-state index in [0.29, 0.717) is 30.5 Å². The Morgan fingerprint density at radius 1 is 1.33 bits per heavy atom. The van der Waals surface area contributed by atoms with E-state index < -0.39 is 0 Å².